The second kappa shape index (κ2) is 4.61. The van der Waals surface area contributed by atoms with Gasteiger partial charge in [-0.3, -0.25) is 0 Å². The van der Waals surface area contributed by atoms with Crippen LogP contribution in [0.15, 0.2) is 30.3 Å². The average molecular weight is 189 g/mol. The SMILES string of the molecule is N[C@@H]1CCC[C@H](c2ccccc2)CC1. The van der Waals surface area contributed by atoms with Crippen LogP contribution in [0.25, 0.3) is 0 Å². The van der Waals surface area contributed by atoms with Gasteiger partial charge in [-0.05, 0) is 37.2 Å². The highest BCUT2D eigenvalue weighted by Gasteiger charge is 2.17. The molecule has 1 aliphatic rings. The van der Waals surface area contributed by atoms with Gasteiger partial charge in [0, 0.05) is 6.04 Å². The molecule has 1 aliphatic carbocycles. The Morgan fingerprint density at radius 1 is 0.929 bits per heavy atom. The highest BCUT2D eigenvalue weighted by Crippen LogP contribution is 2.30. The molecular weight excluding hydrogens is 170 g/mol. The van der Waals surface area contributed by atoms with Crippen LogP contribution in [0.1, 0.15) is 43.6 Å². The van der Waals surface area contributed by atoms with Crippen LogP contribution in [-0.2, 0) is 0 Å². The summed E-state index contributed by atoms with van der Waals surface area (Å²) >= 11 is 0. The monoisotopic (exact) mass is 189 g/mol. The van der Waals surface area contributed by atoms with E-state index in [1.807, 2.05) is 0 Å². The summed E-state index contributed by atoms with van der Waals surface area (Å²) in [6.45, 7) is 0. The van der Waals surface area contributed by atoms with E-state index in [2.05, 4.69) is 30.3 Å². The fourth-order valence-corrected chi connectivity index (χ4v) is 2.39. The lowest BCUT2D eigenvalue weighted by Crippen LogP contribution is -2.17. The van der Waals surface area contributed by atoms with Crippen LogP contribution in [0.3, 0.4) is 0 Å². The van der Waals surface area contributed by atoms with E-state index in [9.17, 15) is 0 Å². The molecule has 1 saturated carbocycles. The quantitative estimate of drug-likeness (QED) is 0.675. The normalized spacial score (nSPS) is 28.4. The molecule has 1 nitrogen and oxygen atoms in total. The van der Waals surface area contributed by atoms with E-state index in [0.29, 0.717) is 6.04 Å². The van der Waals surface area contributed by atoms with Gasteiger partial charge in [0.1, 0.15) is 0 Å². The molecule has 0 radical (unpaired) electrons. The summed E-state index contributed by atoms with van der Waals surface area (Å²) in [4.78, 5) is 0. The van der Waals surface area contributed by atoms with E-state index in [-0.39, 0.29) is 0 Å². The summed E-state index contributed by atoms with van der Waals surface area (Å²) < 4.78 is 0. The molecule has 1 aromatic carbocycles. The van der Waals surface area contributed by atoms with Gasteiger partial charge in [0.05, 0.1) is 0 Å². The summed E-state index contributed by atoms with van der Waals surface area (Å²) in [6, 6.07) is 11.3. The third kappa shape index (κ3) is 2.36. The molecule has 14 heavy (non-hydrogen) atoms. The number of hydrogen-bond acceptors (Lipinski definition) is 1. The second-order valence-corrected chi connectivity index (χ2v) is 4.38. The summed E-state index contributed by atoms with van der Waals surface area (Å²) in [5.41, 5.74) is 7.48. The molecule has 1 fully saturated rings. The molecule has 0 unspecified atom stereocenters. The van der Waals surface area contributed by atoms with Gasteiger partial charge in [-0.1, -0.05) is 36.8 Å². The molecule has 1 heteroatoms. The Morgan fingerprint density at radius 3 is 2.50 bits per heavy atom. The third-order valence-electron chi connectivity index (χ3n) is 3.28. The lowest BCUT2D eigenvalue weighted by atomic mass is 9.92. The highest BCUT2D eigenvalue weighted by molar-refractivity contribution is 5.19. The number of benzene rings is 1. The highest BCUT2D eigenvalue weighted by atomic mass is 14.6. The Bertz CT molecular complexity index is 268. The summed E-state index contributed by atoms with van der Waals surface area (Å²) in [5.74, 6) is 0.754. The van der Waals surface area contributed by atoms with E-state index in [0.717, 1.165) is 5.92 Å². The van der Waals surface area contributed by atoms with Crippen molar-refractivity contribution in [2.75, 3.05) is 0 Å². The first-order chi connectivity index (χ1) is 6.86. The van der Waals surface area contributed by atoms with Crippen LogP contribution in [0.2, 0.25) is 0 Å². The first-order valence-corrected chi connectivity index (χ1v) is 5.67. The molecule has 0 aromatic heterocycles. The smallest absolute Gasteiger partial charge is 0.00390 e. The molecule has 0 spiro atoms. The van der Waals surface area contributed by atoms with E-state index < -0.39 is 0 Å². The summed E-state index contributed by atoms with van der Waals surface area (Å²) in [6.07, 6.45) is 6.28. The van der Waals surface area contributed by atoms with E-state index in [4.69, 9.17) is 5.73 Å². The van der Waals surface area contributed by atoms with Crippen LogP contribution in [0.4, 0.5) is 0 Å². The Kier molecular flexibility index (Phi) is 3.20. The first-order valence-electron chi connectivity index (χ1n) is 5.67. The molecule has 0 heterocycles. The lowest BCUT2D eigenvalue weighted by Gasteiger charge is -2.14. The zero-order chi connectivity index (χ0) is 9.80. The van der Waals surface area contributed by atoms with Gasteiger partial charge in [0.15, 0.2) is 0 Å². The maximum Gasteiger partial charge on any atom is 0.00390 e. The maximum atomic E-state index is 5.98. The Labute approximate surface area is 86.3 Å². The number of nitrogens with two attached hydrogens (primary N) is 1. The van der Waals surface area contributed by atoms with E-state index in [1.165, 1.54) is 37.7 Å². The van der Waals surface area contributed by atoms with Gasteiger partial charge in [-0.15, -0.1) is 0 Å². The Morgan fingerprint density at radius 2 is 1.71 bits per heavy atom. The molecule has 2 rings (SSSR count). The fourth-order valence-electron chi connectivity index (χ4n) is 2.39. The Hall–Kier alpha value is -0.820. The van der Waals surface area contributed by atoms with Gasteiger partial charge < -0.3 is 5.73 Å². The Balaban J connectivity index is 2.04. The molecule has 0 aliphatic heterocycles. The van der Waals surface area contributed by atoms with Crippen LogP contribution in [0, 0.1) is 0 Å². The molecule has 76 valence electrons. The average Bonchev–Trinajstić information content (AvgIpc) is 2.44. The maximum absolute atomic E-state index is 5.98. The zero-order valence-corrected chi connectivity index (χ0v) is 8.65. The minimum absolute atomic E-state index is 0.448. The first kappa shape index (κ1) is 9.72. The lowest BCUT2D eigenvalue weighted by molar-refractivity contribution is 0.568. The van der Waals surface area contributed by atoms with E-state index in [1.54, 1.807) is 0 Å². The number of hydrogen-bond donors (Lipinski definition) is 1. The van der Waals surface area contributed by atoms with Crippen LogP contribution in [-0.4, -0.2) is 6.04 Å². The van der Waals surface area contributed by atoms with Crippen molar-refractivity contribution in [2.45, 2.75) is 44.1 Å². The van der Waals surface area contributed by atoms with Gasteiger partial charge in [-0.25, -0.2) is 0 Å². The molecule has 0 amide bonds. The van der Waals surface area contributed by atoms with Gasteiger partial charge >= 0.3 is 0 Å². The summed E-state index contributed by atoms with van der Waals surface area (Å²) in [7, 11) is 0. The molecule has 1 aromatic rings. The fraction of sp³-hybridized carbons (Fsp3) is 0.538. The predicted molar refractivity (Wildman–Crippen MR) is 60.2 cm³/mol. The third-order valence-corrected chi connectivity index (χ3v) is 3.28. The van der Waals surface area contributed by atoms with Crippen LogP contribution < -0.4 is 5.73 Å². The van der Waals surface area contributed by atoms with Crippen molar-refractivity contribution < 1.29 is 0 Å². The van der Waals surface area contributed by atoms with Crippen molar-refractivity contribution in [1.29, 1.82) is 0 Å². The van der Waals surface area contributed by atoms with Crippen molar-refractivity contribution in [3.05, 3.63) is 35.9 Å². The minimum atomic E-state index is 0.448. The van der Waals surface area contributed by atoms with Crippen LogP contribution in [0.5, 0.6) is 0 Å². The molecule has 2 atom stereocenters. The van der Waals surface area contributed by atoms with Gasteiger partial charge in [0.2, 0.25) is 0 Å². The van der Waals surface area contributed by atoms with Crippen molar-refractivity contribution in [1.82, 2.24) is 0 Å². The molecule has 0 saturated heterocycles. The standard InChI is InChI=1S/C13H19N/c14-13-8-4-7-12(9-10-13)11-5-2-1-3-6-11/h1-3,5-6,12-13H,4,7-10,14H2/t12-,13+/m0/s1. The predicted octanol–water partition coefficient (Wildman–Crippen LogP) is 3.06. The van der Waals surface area contributed by atoms with Crippen LogP contribution >= 0.6 is 0 Å². The van der Waals surface area contributed by atoms with Crippen molar-refractivity contribution >= 4 is 0 Å². The molecular formula is C13H19N. The van der Waals surface area contributed by atoms with Gasteiger partial charge in [-0.2, -0.15) is 0 Å². The van der Waals surface area contributed by atoms with Crippen molar-refractivity contribution in [3.8, 4) is 0 Å². The van der Waals surface area contributed by atoms with Gasteiger partial charge in [0.25, 0.3) is 0 Å². The van der Waals surface area contributed by atoms with Crippen molar-refractivity contribution in [3.63, 3.8) is 0 Å². The van der Waals surface area contributed by atoms with E-state index >= 15 is 0 Å². The summed E-state index contributed by atoms with van der Waals surface area (Å²) in [5, 5.41) is 0. The van der Waals surface area contributed by atoms with Crippen molar-refractivity contribution in [2.24, 2.45) is 5.73 Å². The zero-order valence-electron chi connectivity index (χ0n) is 8.65. The second-order valence-electron chi connectivity index (χ2n) is 4.38. The molecule has 2 N–H and O–H groups in total. The minimum Gasteiger partial charge on any atom is -0.328 e. The largest absolute Gasteiger partial charge is 0.328 e. The number of rotatable bonds is 1. The molecule has 0 bridgehead atoms. The topological polar surface area (TPSA) is 26.0 Å².